The number of imidazole rings is 1. The zero-order chi connectivity index (χ0) is 97.4. The number of likely N-dealkylation sites (N-methyl/N-ethyl adjacent to an activating group) is 4. The van der Waals surface area contributed by atoms with Gasteiger partial charge in [0, 0.05) is 125 Å². The lowest BCUT2D eigenvalue weighted by Gasteiger charge is -2.36. The van der Waals surface area contributed by atoms with Crippen molar-refractivity contribution in [3.63, 3.8) is 0 Å². The first-order valence-corrected chi connectivity index (χ1v) is 45.5. The molecule has 5 heterocycles. The number of fused-ring (bicyclic) bond motifs is 3. The Morgan fingerprint density at radius 2 is 1.08 bits per heavy atom. The van der Waals surface area contributed by atoms with E-state index < -0.39 is 229 Å². The fourth-order valence-corrected chi connectivity index (χ4v) is 16.7. The van der Waals surface area contributed by atoms with E-state index in [9.17, 15) is 62.6 Å². The molecule has 0 spiro atoms. The van der Waals surface area contributed by atoms with E-state index in [4.69, 9.17) is 28.3 Å². The highest BCUT2D eigenvalue weighted by atomic mass is 32.2. The predicted molar refractivity (Wildman–Crippen MR) is 493 cm³/mol. The van der Waals surface area contributed by atoms with Crippen LogP contribution >= 0.6 is 11.8 Å². The molecule has 2 aliphatic heterocycles. The Hall–Kier alpha value is -13.5. The average molecular weight is 1870 g/mol. The van der Waals surface area contributed by atoms with E-state index in [1.165, 1.54) is 47.6 Å². The molecule has 3 aromatic heterocycles. The number of aromatic nitrogens is 4. The van der Waals surface area contributed by atoms with Gasteiger partial charge in [-0.15, -0.1) is 11.8 Å². The van der Waals surface area contributed by atoms with Gasteiger partial charge in [0.05, 0.1) is 38.2 Å². The van der Waals surface area contributed by atoms with Gasteiger partial charge in [-0.1, -0.05) is 120 Å². The summed E-state index contributed by atoms with van der Waals surface area (Å²) in [6.45, 7) is 5.62. The van der Waals surface area contributed by atoms with Crippen LogP contribution in [0.3, 0.4) is 0 Å². The number of hydrogen-bond donors (Lipinski definition) is 20. The second kappa shape index (κ2) is 50.8. The van der Waals surface area contributed by atoms with Crippen LogP contribution in [0.2, 0.25) is 0 Å². The quantitative estimate of drug-likeness (QED) is 0.0144. The maximum absolute atomic E-state index is 15.7. The molecule has 1 unspecified atom stereocenters. The van der Waals surface area contributed by atoms with Gasteiger partial charge in [0.25, 0.3) is 0 Å². The molecule has 6 aromatic rings. The van der Waals surface area contributed by atoms with E-state index in [0.717, 1.165) is 36.3 Å². The van der Waals surface area contributed by atoms with Crippen LogP contribution < -0.4 is 81.4 Å². The number of thioether (sulfide) groups is 1. The summed E-state index contributed by atoms with van der Waals surface area (Å²) in [5.74, 6) is -17.5. The van der Waals surface area contributed by atoms with Crippen molar-refractivity contribution in [3.8, 4) is 0 Å². The van der Waals surface area contributed by atoms with Gasteiger partial charge < -0.3 is 126 Å². The lowest BCUT2D eigenvalue weighted by molar-refractivity contribution is -0.149. The normalized spacial score (nSPS) is 24.0. The molecule has 8 rings (SSSR count). The molecule has 133 heavy (non-hydrogen) atoms. The van der Waals surface area contributed by atoms with E-state index in [1.54, 1.807) is 105 Å². The third-order valence-corrected chi connectivity index (χ3v) is 24.3. The first-order valence-electron chi connectivity index (χ1n) is 44.4. The molecule has 0 bridgehead atoms. The summed E-state index contributed by atoms with van der Waals surface area (Å²) in [5, 5.41) is 49.3. The van der Waals surface area contributed by atoms with Crippen molar-refractivity contribution in [3.05, 3.63) is 126 Å². The van der Waals surface area contributed by atoms with Gasteiger partial charge in [-0.2, -0.15) is 0 Å². The molecule has 14 atom stereocenters. The highest BCUT2D eigenvalue weighted by Crippen LogP contribution is 2.26. The highest BCUT2D eigenvalue weighted by molar-refractivity contribution is 8.00. The molecular formula is C89H127N25O18S. The molecule has 2 fully saturated rings. The first kappa shape index (κ1) is 105. The number of benzene rings is 3. The van der Waals surface area contributed by atoms with Crippen LogP contribution in [0.5, 0.6) is 0 Å². The summed E-state index contributed by atoms with van der Waals surface area (Å²) in [7, 11) is 5.22. The second-order valence-electron chi connectivity index (χ2n) is 34.0. The third-order valence-electron chi connectivity index (χ3n) is 23.2. The lowest BCUT2D eigenvalue weighted by Crippen LogP contribution is -2.61. The van der Waals surface area contributed by atoms with Crippen molar-refractivity contribution in [2.24, 2.45) is 28.9 Å². The standard InChI is InChI=1S/C89H127N25O18S/c1-10-12-29-69-82(126)103-60(28-21-31-96-89(93)94)78(122)109-68(77(121)99-42-73(92)117)46-133-47-75(119)102-64(33-51-22-15-14-16-23-51)85(129)111(7)50(5)76(120)105-66(38-72(91)116)87(131)114-43-54(90)36-71(114)83(127)104-62(37-55-41-95-48-100-55)80(124)106-63(32-49(3)4)84(128)110(6)44-74(118)101-61(34-52-39-97-58-26-19-17-24-56(52)58)79(123)108-67(45-115)81(125)107-65(35-53-40-98-59-27-20-18-25-57(53)59)86(130)113(9)70(30-13-11-2)88(132)112(69)8/h14-20,22-27,39-41,48-50,54,60-71,97-98,115H,10-13,21,28-38,42-47,90H2,1-9H3,(H2,91,116)(H2,92,117)(H,95,100)(H,99,121)(H,101,118)(H,102,119)(H,103,126)(H,104,127)(H,105,120)(H,106,124)(H,107,125)(H,108,123)(H,109,122)(H4,93,94,96)/t50-,54+,60-,61-,62-,63-,64-,65-,66-,67-,68-,69-,70-,71?/m0/s1. The van der Waals surface area contributed by atoms with Crippen LogP contribution in [0.25, 0.3) is 21.8 Å². The molecule has 722 valence electrons. The molecule has 2 aliphatic rings. The fraction of sp³-hybridized carbons (Fsp3) is 0.517. The number of guanidine groups is 1. The van der Waals surface area contributed by atoms with E-state index in [1.807, 2.05) is 13.8 Å². The molecule has 0 radical (unpaired) electrons. The van der Waals surface area contributed by atoms with Crippen molar-refractivity contribution < 1.29 is 86.6 Å². The van der Waals surface area contributed by atoms with Crippen LogP contribution in [0.15, 0.2) is 104 Å². The molecular weight excluding hydrogens is 1740 g/mol. The molecule has 24 N–H and O–H groups in total. The van der Waals surface area contributed by atoms with Gasteiger partial charge in [0.1, 0.15) is 78.5 Å². The second-order valence-corrected chi connectivity index (χ2v) is 35.0. The van der Waals surface area contributed by atoms with Crippen molar-refractivity contribution in [2.45, 2.75) is 216 Å². The first-order chi connectivity index (χ1) is 63.3. The predicted octanol–water partition coefficient (Wildman–Crippen LogP) is -3.20. The smallest absolute Gasteiger partial charge is 0.246 e. The largest absolute Gasteiger partial charge is 0.394 e. The minimum Gasteiger partial charge on any atom is -0.394 e. The van der Waals surface area contributed by atoms with E-state index in [-0.39, 0.29) is 83.2 Å². The monoisotopic (exact) mass is 1870 g/mol. The van der Waals surface area contributed by atoms with Crippen LogP contribution in [-0.4, -0.2) is 313 Å². The molecule has 17 amide bonds. The SMILES string of the molecule is CCCC[C@H]1C(=O)N(C)[C@@H](CCCC)C(=O)N[C@@H](CCCNC(=N)N)C(=O)N[C@H](C(=O)NCC(N)=O)CSCC(=O)N[C@@H](Cc2ccccc2)C(=O)N(C)[C@@H](C)C(=O)N[C@@H](CC(N)=O)C(=O)N2C[C@H](N)CC2C(=O)N[C@@H](Cc2cnc[nH]2)C(=O)N[C@@H](CC(C)C)C(=O)N(C)CC(=O)N[C@@H](Cc2c[nH]c3ccccc23)C(=O)N[C@@H](CO)C(=O)N[C@@H](Cc2c[nH]c3ccccc23)C(=O)N1C. The molecule has 2 saturated heterocycles. The molecule has 44 heteroatoms. The number of carbonyl (C=O) groups excluding carboxylic acids is 17. The number of nitrogens with zero attached hydrogens (tertiary/aromatic N) is 6. The number of rotatable bonds is 26. The van der Waals surface area contributed by atoms with Gasteiger partial charge >= 0.3 is 0 Å². The summed E-state index contributed by atoms with van der Waals surface area (Å²) in [6.07, 6.45) is 5.36. The molecule has 43 nitrogen and oxygen atoms in total. The minimum atomic E-state index is -1.86. The van der Waals surface area contributed by atoms with Crippen LogP contribution in [0.1, 0.15) is 128 Å². The summed E-state index contributed by atoms with van der Waals surface area (Å²) >= 11 is 0.787. The zero-order valence-electron chi connectivity index (χ0n) is 76.3. The van der Waals surface area contributed by atoms with Crippen LogP contribution in [0, 0.1) is 11.3 Å². The molecule has 3 aromatic carbocycles. The number of hydrogen-bond acceptors (Lipinski definition) is 22. The summed E-state index contributed by atoms with van der Waals surface area (Å²) in [4.78, 5) is 267. The maximum Gasteiger partial charge on any atom is 0.246 e. The number of primary amides is 2. The number of amides is 17. The van der Waals surface area contributed by atoms with Crippen molar-refractivity contribution in [1.82, 2.24) is 103 Å². The Balaban J connectivity index is 1.19. The van der Waals surface area contributed by atoms with E-state index >= 15 is 24.0 Å². The number of aromatic amines is 3. The zero-order valence-corrected chi connectivity index (χ0v) is 77.1. The number of nitrogens with two attached hydrogens (primary N) is 4. The number of unbranched alkanes of at least 4 members (excludes halogenated alkanes) is 2. The van der Waals surface area contributed by atoms with Gasteiger partial charge in [-0.05, 0) is 80.2 Å². The van der Waals surface area contributed by atoms with E-state index in [0.29, 0.717) is 69.9 Å². The summed E-state index contributed by atoms with van der Waals surface area (Å²) in [6, 6.07) is 1.56. The maximum atomic E-state index is 15.7. The molecule has 0 aliphatic carbocycles. The van der Waals surface area contributed by atoms with Crippen molar-refractivity contribution in [2.75, 3.05) is 72.5 Å². The Morgan fingerprint density at radius 1 is 0.541 bits per heavy atom. The van der Waals surface area contributed by atoms with E-state index in [2.05, 4.69) is 78.4 Å². The Morgan fingerprint density at radius 3 is 1.67 bits per heavy atom. The number of aliphatic hydroxyl groups is 1. The van der Waals surface area contributed by atoms with Gasteiger partial charge in [0.15, 0.2) is 5.96 Å². The lowest BCUT2D eigenvalue weighted by atomic mass is 10.00. The third kappa shape index (κ3) is 30.5. The van der Waals surface area contributed by atoms with Crippen molar-refractivity contribution in [1.29, 1.82) is 5.41 Å². The minimum absolute atomic E-state index is 0.00258. The van der Waals surface area contributed by atoms with Gasteiger partial charge in [-0.25, -0.2) is 4.98 Å². The number of carbonyl (C=O) groups is 17. The number of nitrogens with one attached hydrogen (secondary N) is 15. The Labute approximate surface area is 774 Å². The summed E-state index contributed by atoms with van der Waals surface area (Å²) < 4.78 is 0. The number of para-hydroxylation sites is 2. The van der Waals surface area contributed by atoms with Crippen LogP contribution in [0.4, 0.5) is 0 Å². The average Bonchev–Trinajstić information content (AvgIpc) is 1.43. The van der Waals surface area contributed by atoms with Crippen LogP contribution in [-0.2, 0) is 107 Å². The topological polar surface area (TPSA) is 647 Å². The van der Waals surface area contributed by atoms with Crippen molar-refractivity contribution >= 4 is 140 Å². The number of H-pyrrole nitrogens is 3. The summed E-state index contributed by atoms with van der Waals surface area (Å²) in [5.41, 5.74) is 26.5. The number of aliphatic hydroxyl groups excluding tert-OH is 1. The van der Waals surface area contributed by atoms with Gasteiger partial charge in [-0.3, -0.25) is 86.9 Å². The Bertz CT molecular complexity index is 5090. The molecule has 0 saturated carbocycles. The highest BCUT2D eigenvalue weighted by Gasteiger charge is 2.45. The fourth-order valence-electron chi connectivity index (χ4n) is 15.9. The Kier molecular flexibility index (Phi) is 40.0. The van der Waals surface area contributed by atoms with Gasteiger partial charge in [0.2, 0.25) is 100 Å².